The Morgan fingerprint density at radius 2 is 1.85 bits per heavy atom. The van der Waals surface area contributed by atoms with Gasteiger partial charge in [0, 0.05) is 0 Å². The van der Waals surface area contributed by atoms with E-state index in [-0.39, 0.29) is 6.61 Å². The van der Waals surface area contributed by atoms with Crippen LogP contribution in [0.4, 0.5) is 0 Å². The molecular weight excluding hydrogens is 328 g/mol. The predicted molar refractivity (Wildman–Crippen MR) is 102 cm³/mol. The summed E-state index contributed by atoms with van der Waals surface area (Å²) in [7, 11) is 1.57. The number of carbonyl (C=O) groups is 1. The number of rotatable bonds is 7. The Kier molecular flexibility index (Phi) is 5.54. The zero-order chi connectivity index (χ0) is 18.4. The summed E-state index contributed by atoms with van der Waals surface area (Å²) in [5.74, 6) is 0.626. The van der Waals surface area contributed by atoms with Gasteiger partial charge in [0.2, 0.25) is 0 Å². The number of esters is 1. The lowest BCUT2D eigenvalue weighted by Crippen LogP contribution is -2.06. The highest BCUT2D eigenvalue weighted by atomic mass is 16.5. The highest BCUT2D eigenvalue weighted by Crippen LogP contribution is 2.30. The van der Waals surface area contributed by atoms with Gasteiger partial charge in [-0.1, -0.05) is 55.1 Å². The van der Waals surface area contributed by atoms with Crippen molar-refractivity contribution in [2.24, 2.45) is 0 Å². The minimum Gasteiger partial charge on any atom is -0.493 e. The topological polar surface area (TPSA) is 44.8 Å². The second-order valence-corrected chi connectivity index (χ2v) is 5.68. The first-order valence-corrected chi connectivity index (χ1v) is 8.28. The van der Waals surface area contributed by atoms with E-state index in [0.29, 0.717) is 23.7 Å². The molecule has 0 aliphatic rings. The Hall–Kier alpha value is -3.27. The molecule has 0 bridgehead atoms. The van der Waals surface area contributed by atoms with E-state index in [1.165, 1.54) is 6.08 Å². The van der Waals surface area contributed by atoms with E-state index < -0.39 is 5.97 Å². The van der Waals surface area contributed by atoms with Crippen LogP contribution in [0.25, 0.3) is 10.8 Å². The van der Waals surface area contributed by atoms with Crippen LogP contribution in [0.3, 0.4) is 0 Å². The molecule has 0 N–H and O–H groups in total. The van der Waals surface area contributed by atoms with Crippen LogP contribution in [-0.2, 0) is 11.3 Å². The largest absolute Gasteiger partial charge is 0.493 e. The molecule has 3 aromatic rings. The molecular formula is C22H20O4. The van der Waals surface area contributed by atoms with Crippen molar-refractivity contribution in [2.75, 3.05) is 13.7 Å². The Balaban J connectivity index is 1.84. The molecule has 4 nitrogen and oxygen atoms in total. The highest BCUT2D eigenvalue weighted by Gasteiger charge is 2.13. The maximum atomic E-state index is 12.0. The van der Waals surface area contributed by atoms with Gasteiger partial charge in [-0.15, -0.1) is 0 Å². The van der Waals surface area contributed by atoms with Crippen LogP contribution < -0.4 is 9.47 Å². The van der Waals surface area contributed by atoms with Crippen molar-refractivity contribution in [3.8, 4) is 11.5 Å². The summed E-state index contributed by atoms with van der Waals surface area (Å²) in [6.45, 7) is 4.06. The van der Waals surface area contributed by atoms with E-state index in [1.807, 2.05) is 24.3 Å². The van der Waals surface area contributed by atoms with Crippen LogP contribution >= 0.6 is 0 Å². The molecule has 0 amide bonds. The molecule has 0 aliphatic heterocycles. The molecule has 0 unspecified atom stereocenters. The lowest BCUT2D eigenvalue weighted by molar-refractivity contribution is 0.0549. The van der Waals surface area contributed by atoms with E-state index in [9.17, 15) is 4.79 Å². The molecule has 3 aromatic carbocycles. The van der Waals surface area contributed by atoms with E-state index in [2.05, 4.69) is 24.8 Å². The van der Waals surface area contributed by atoms with Gasteiger partial charge in [0.25, 0.3) is 0 Å². The summed E-state index contributed by atoms with van der Waals surface area (Å²) in [5.41, 5.74) is 1.46. The van der Waals surface area contributed by atoms with Crippen LogP contribution in [0.1, 0.15) is 15.9 Å². The molecule has 0 aromatic heterocycles. The molecule has 0 radical (unpaired) electrons. The van der Waals surface area contributed by atoms with Crippen molar-refractivity contribution in [3.05, 3.63) is 84.4 Å². The molecule has 0 fully saturated rings. The molecule has 0 atom stereocenters. The number of fused-ring (bicyclic) bond motifs is 1. The van der Waals surface area contributed by atoms with Crippen LogP contribution in [0.2, 0.25) is 0 Å². The Bertz CT molecular complexity index is 925. The minimum atomic E-state index is -0.428. The van der Waals surface area contributed by atoms with Crippen LogP contribution in [0.5, 0.6) is 11.5 Å². The van der Waals surface area contributed by atoms with E-state index in [0.717, 1.165) is 16.3 Å². The van der Waals surface area contributed by atoms with Gasteiger partial charge in [-0.3, -0.25) is 0 Å². The Morgan fingerprint density at radius 1 is 1.04 bits per heavy atom. The second kappa shape index (κ2) is 8.21. The van der Waals surface area contributed by atoms with Gasteiger partial charge >= 0.3 is 5.97 Å². The SMILES string of the molecule is C=CCOC(=O)c1ccc(OC)c(OCc2cccc3ccccc23)c1. The maximum Gasteiger partial charge on any atom is 0.338 e. The normalized spacial score (nSPS) is 10.3. The number of benzene rings is 3. The van der Waals surface area contributed by atoms with Gasteiger partial charge < -0.3 is 14.2 Å². The predicted octanol–water partition coefficient (Wildman–Crippen LogP) is 4.77. The van der Waals surface area contributed by atoms with Crippen LogP contribution in [0.15, 0.2) is 73.3 Å². The zero-order valence-corrected chi connectivity index (χ0v) is 14.6. The third-order valence-electron chi connectivity index (χ3n) is 3.99. The van der Waals surface area contributed by atoms with Gasteiger partial charge in [0.05, 0.1) is 12.7 Å². The second-order valence-electron chi connectivity index (χ2n) is 5.68. The van der Waals surface area contributed by atoms with Gasteiger partial charge in [-0.2, -0.15) is 0 Å². The molecule has 0 saturated carbocycles. The molecule has 0 heterocycles. The first-order chi connectivity index (χ1) is 12.7. The van der Waals surface area contributed by atoms with Gasteiger partial charge in [0.1, 0.15) is 13.2 Å². The summed E-state index contributed by atoms with van der Waals surface area (Å²) < 4.78 is 16.4. The van der Waals surface area contributed by atoms with Crippen molar-refractivity contribution >= 4 is 16.7 Å². The van der Waals surface area contributed by atoms with Gasteiger partial charge in [0.15, 0.2) is 11.5 Å². The van der Waals surface area contributed by atoms with Crippen LogP contribution in [0, 0.1) is 0 Å². The number of hydrogen-bond donors (Lipinski definition) is 0. The van der Waals surface area contributed by atoms with Crippen molar-refractivity contribution in [1.29, 1.82) is 0 Å². The monoisotopic (exact) mass is 348 g/mol. The quantitative estimate of drug-likeness (QED) is 0.456. The summed E-state index contributed by atoms with van der Waals surface area (Å²) >= 11 is 0. The average Bonchev–Trinajstić information content (AvgIpc) is 2.70. The fourth-order valence-corrected chi connectivity index (χ4v) is 2.71. The summed E-state index contributed by atoms with van der Waals surface area (Å²) in [6, 6.07) is 19.2. The fraction of sp³-hybridized carbons (Fsp3) is 0.136. The van der Waals surface area contributed by atoms with E-state index in [1.54, 1.807) is 25.3 Å². The van der Waals surface area contributed by atoms with Gasteiger partial charge in [-0.25, -0.2) is 4.79 Å². The molecule has 4 heteroatoms. The summed E-state index contributed by atoms with van der Waals surface area (Å²) in [6.07, 6.45) is 1.53. The number of carbonyl (C=O) groups excluding carboxylic acids is 1. The van der Waals surface area contributed by atoms with Crippen molar-refractivity contribution in [1.82, 2.24) is 0 Å². The maximum absolute atomic E-state index is 12.0. The molecule has 0 saturated heterocycles. The lowest BCUT2D eigenvalue weighted by atomic mass is 10.1. The van der Waals surface area contributed by atoms with Crippen molar-refractivity contribution in [3.63, 3.8) is 0 Å². The summed E-state index contributed by atoms with van der Waals surface area (Å²) in [4.78, 5) is 12.0. The third-order valence-corrected chi connectivity index (χ3v) is 3.99. The Morgan fingerprint density at radius 3 is 2.65 bits per heavy atom. The highest BCUT2D eigenvalue weighted by molar-refractivity contribution is 5.90. The molecule has 3 rings (SSSR count). The molecule has 0 aliphatic carbocycles. The standard InChI is InChI=1S/C22H20O4/c1-3-13-25-22(23)17-11-12-20(24-2)21(14-17)26-15-18-9-6-8-16-7-4-5-10-19(16)18/h3-12,14H,1,13,15H2,2H3. The number of ether oxygens (including phenoxy) is 3. The lowest BCUT2D eigenvalue weighted by Gasteiger charge is -2.13. The first kappa shape index (κ1) is 17.5. The van der Waals surface area contributed by atoms with Crippen molar-refractivity contribution in [2.45, 2.75) is 6.61 Å². The minimum absolute atomic E-state index is 0.164. The summed E-state index contributed by atoms with van der Waals surface area (Å²) in [5, 5.41) is 2.29. The number of methoxy groups -OCH3 is 1. The Labute approximate surface area is 152 Å². The molecule has 26 heavy (non-hydrogen) atoms. The number of hydrogen-bond acceptors (Lipinski definition) is 4. The van der Waals surface area contributed by atoms with Gasteiger partial charge in [-0.05, 0) is 34.5 Å². The average molecular weight is 348 g/mol. The van der Waals surface area contributed by atoms with Crippen molar-refractivity contribution < 1.29 is 19.0 Å². The fourth-order valence-electron chi connectivity index (χ4n) is 2.71. The molecule has 0 spiro atoms. The van der Waals surface area contributed by atoms with Crippen LogP contribution in [-0.4, -0.2) is 19.7 Å². The molecule has 132 valence electrons. The van der Waals surface area contributed by atoms with E-state index in [4.69, 9.17) is 14.2 Å². The third kappa shape index (κ3) is 3.86. The smallest absolute Gasteiger partial charge is 0.338 e. The first-order valence-electron chi connectivity index (χ1n) is 8.28. The van der Waals surface area contributed by atoms with E-state index >= 15 is 0 Å². The zero-order valence-electron chi connectivity index (χ0n) is 14.6.